The summed E-state index contributed by atoms with van der Waals surface area (Å²) in [6.45, 7) is 1.73. The standard InChI is InChI=1S/C19H22ClFN2O2/c20-15-9-13-3-2-8-23(17(13)16(21)10-15)19(25)14-4-1-7-22(11-14)18(24)12-5-6-12/h9-10,12,14H,1-8,11H2/t14-/m0/s1. The number of piperidine rings is 1. The van der Waals surface area contributed by atoms with E-state index in [1.165, 1.54) is 6.07 Å². The van der Waals surface area contributed by atoms with E-state index < -0.39 is 5.82 Å². The van der Waals surface area contributed by atoms with E-state index in [4.69, 9.17) is 11.6 Å². The molecule has 0 spiro atoms. The van der Waals surface area contributed by atoms with E-state index in [9.17, 15) is 14.0 Å². The molecule has 4 nitrogen and oxygen atoms in total. The van der Waals surface area contributed by atoms with E-state index in [1.807, 2.05) is 4.90 Å². The number of benzene rings is 1. The van der Waals surface area contributed by atoms with Crippen LogP contribution in [0.25, 0.3) is 0 Å². The Morgan fingerprint density at radius 3 is 2.60 bits per heavy atom. The molecular weight excluding hydrogens is 343 g/mol. The average Bonchev–Trinajstić information content (AvgIpc) is 3.45. The molecule has 1 saturated carbocycles. The van der Waals surface area contributed by atoms with Gasteiger partial charge in [-0.3, -0.25) is 9.59 Å². The number of amides is 2. The molecule has 0 bridgehead atoms. The van der Waals surface area contributed by atoms with E-state index in [0.29, 0.717) is 23.8 Å². The summed E-state index contributed by atoms with van der Waals surface area (Å²) in [6, 6.07) is 3.03. The minimum Gasteiger partial charge on any atom is -0.342 e. The van der Waals surface area contributed by atoms with E-state index in [-0.39, 0.29) is 23.7 Å². The smallest absolute Gasteiger partial charge is 0.231 e. The molecule has 0 radical (unpaired) electrons. The van der Waals surface area contributed by atoms with Crippen LogP contribution in [-0.4, -0.2) is 36.3 Å². The zero-order valence-corrected chi connectivity index (χ0v) is 14.9. The molecule has 1 saturated heterocycles. The van der Waals surface area contributed by atoms with Gasteiger partial charge in [0, 0.05) is 30.6 Å². The molecule has 3 aliphatic rings. The molecule has 25 heavy (non-hydrogen) atoms. The van der Waals surface area contributed by atoms with Crippen LogP contribution in [-0.2, 0) is 16.0 Å². The van der Waals surface area contributed by atoms with Crippen LogP contribution in [0.5, 0.6) is 0 Å². The Hall–Kier alpha value is -1.62. The van der Waals surface area contributed by atoms with Crippen molar-refractivity contribution < 1.29 is 14.0 Å². The Bertz CT molecular complexity index is 720. The summed E-state index contributed by atoms with van der Waals surface area (Å²) < 4.78 is 14.5. The average molecular weight is 365 g/mol. The summed E-state index contributed by atoms with van der Waals surface area (Å²) in [6.07, 6.45) is 5.06. The molecule has 1 aliphatic carbocycles. The minimum absolute atomic E-state index is 0.0598. The second-order valence-corrected chi connectivity index (χ2v) is 7.82. The topological polar surface area (TPSA) is 40.6 Å². The summed E-state index contributed by atoms with van der Waals surface area (Å²) in [5.41, 5.74) is 1.18. The molecule has 4 rings (SSSR count). The maximum Gasteiger partial charge on any atom is 0.231 e. The van der Waals surface area contributed by atoms with Crippen LogP contribution in [0.2, 0.25) is 5.02 Å². The fourth-order valence-electron chi connectivity index (χ4n) is 4.06. The first kappa shape index (κ1) is 16.8. The molecule has 6 heteroatoms. The molecule has 1 aromatic carbocycles. The Balaban J connectivity index is 1.54. The summed E-state index contributed by atoms with van der Waals surface area (Å²) in [5, 5.41) is 0.365. The lowest BCUT2D eigenvalue weighted by molar-refractivity contribution is -0.136. The zero-order chi connectivity index (χ0) is 17.6. The number of carbonyl (C=O) groups excluding carboxylic acids is 2. The van der Waals surface area contributed by atoms with Crippen LogP contribution in [0.4, 0.5) is 10.1 Å². The summed E-state index contributed by atoms with van der Waals surface area (Å²) in [7, 11) is 0. The van der Waals surface area contributed by atoms with Crippen LogP contribution in [0.3, 0.4) is 0 Å². The highest BCUT2D eigenvalue weighted by atomic mass is 35.5. The molecule has 2 amide bonds. The number of likely N-dealkylation sites (tertiary alicyclic amines) is 1. The van der Waals surface area contributed by atoms with Crippen molar-refractivity contribution in [3.8, 4) is 0 Å². The molecule has 1 atom stereocenters. The van der Waals surface area contributed by atoms with Gasteiger partial charge in [-0.2, -0.15) is 0 Å². The molecule has 0 N–H and O–H groups in total. The maximum atomic E-state index is 14.5. The van der Waals surface area contributed by atoms with Gasteiger partial charge in [0.2, 0.25) is 11.8 Å². The van der Waals surface area contributed by atoms with Crippen LogP contribution in [0.1, 0.15) is 37.7 Å². The van der Waals surface area contributed by atoms with Crippen molar-refractivity contribution in [2.75, 3.05) is 24.5 Å². The van der Waals surface area contributed by atoms with E-state index in [1.54, 1.807) is 11.0 Å². The van der Waals surface area contributed by atoms with E-state index in [2.05, 4.69) is 0 Å². The number of fused-ring (bicyclic) bond motifs is 1. The number of nitrogens with zero attached hydrogens (tertiary/aromatic N) is 2. The van der Waals surface area contributed by atoms with Crippen molar-refractivity contribution in [3.63, 3.8) is 0 Å². The zero-order valence-electron chi connectivity index (χ0n) is 14.1. The van der Waals surface area contributed by atoms with Crippen molar-refractivity contribution in [2.24, 2.45) is 11.8 Å². The number of hydrogen-bond donors (Lipinski definition) is 0. The van der Waals surface area contributed by atoms with Gasteiger partial charge in [-0.25, -0.2) is 4.39 Å². The highest BCUT2D eigenvalue weighted by molar-refractivity contribution is 6.30. The fourth-order valence-corrected chi connectivity index (χ4v) is 4.29. The Morgan fingerprint density at radius 2 is 1.84 bits per heavy atom. The lowest BCUT2D eigenvalue weighted by Gasteiger charge is -2.37. The second kappa shape index (κ2) is 6.60. The maximum absolute atomic E-state index is 14.5. The first-order valence-corrected chi connectivity index (χ1v) is 9.50. The third-order valence-corrected chi connectivity index (χ3v) is 5.70. The monoisotopic (exact) mass is 364 g/mol. The third-order valence-electron chi connectivity index (χ3n) is 5.48. The van der Waals surface area contributed by atoms with Gasteiger partial charge in [0.1, 0.15) is 5.82 Å². The van der Waals surface area contributed by atoms with Gasteiger partial charge in [-0.05, 0) is 56.2 Å². The molecule has 2 heterocycles. The van der Waals surface area contributed by atoms with Gasteiger partial charge in [0.05, 0.1) is 11.6 Å². The first-order chi connectivity index (χ1) is 12.0. The largest absolute Gasteiger partial charge is 0.342 e. The van der Waals surface area contributed by atoms with Gasteiger partial charge < -0.3 is 9.80 Å². The molecule has 0 unspecified atom stereocenters. The van der Waals surface area contributed by atoms with E-state index >= 15 is 0 Å². The number of rotatable bonds is 2. The van der Waals surface area contributed by atoms with Crippen molar-refractivity contribution in [1.29, 1.82) is 0 Å². The van der Waals surface area contributed by atoms with Crippen molar-refractivity contribution in [3.05, 3.63) is 28.5 Å². The lowest BCUT2D eigenvalue weighted by Crippen LogP contribution is -2.48. The van der Waals surface area contributed by atoms with Gasteiger partial charge in [0.25, 0.3) is 0 Å². The number of hydrogen-bond acceptors (Lipinski definition) is 2. The molecule has 2 fully saturated rings. The SMILES string of the molecule is O=C(C1CC1)N1CCC[C@H](C(=O)N2CCCc3cc(Cl)cc(F)c32)C1. The minimum atomic E-state index is -0.433. The summed E-state index contributed by atoms with van der Waals surface area (Å²) in [5.74, 6) is -0.371. The van der Waals surface area contributed by atoms with Crippen molar-refractivity contribution >= 4 is 29.1 Å². The quantitative estimate of drug-likeness (QED) is 0.807. The van der Waals surface area contributed by atoms with Crippen molar-refractivity contribution in [1.82, 2.24) is 4.90 Å². The Labute approximate surface area is 151 Å². The van der Waals surface area contributed by atoms with Crippen LogP contribution >= 0.6 is 11.6 Å². The van der Waals surface area contributed by atoms with Crippen LogP contribution in [0.15, 0.2) is 12.1 Å². The number of halogens is 2. The predicted octanol–water partition coefficient (Wildman–Crippen LogP) is 3.41. The highest BCUT2D eigenvalue weighted by Gasteiger charge is 2.38. The van der Waals surface area contributed by atoms with Crippen LogP contribution in [0, 0.1) is 17.7 Å². The number of aryl methyl sites for hydroxylation is 1. The van der Waals surface area contributed by atoms with Gasteiger partial charge in [-0.1, -0.05) is 11.6 Å². The number of anilines is 1. The molecule has 0 aromatic heterocycles. The van der Waals surface area contributed by atoms with Gasteiger partial charge in [0.15, 0.2) is 0 Å². The van der Waals surface area contributed by atoms with Gasteiger partial charge in [-0.15, -0.1) is 0 Å². The summed E-state index contributed by atoms with van der Waals surface area (Å²) in [4.78, 5) is 28.8. The van der Waals surface area contributed by atoms with Crippen molar-refractivity contribution in [2.45, 2.75) is 38.5 Å². The normalized spacial score (nSPS) is 23.4. The predicted molar refractivity (Wildman–Crippen MR) is 94.1 cm³/mol. The van der Waals surface area contributed by atoms with E-state index in [0.717, 1.165) is 50.6 Å². The second-order valence-electron chi connectivity index (χ2n) is 7.39. The molecule has 2 aliphatic heterocycles. The number of carbonyl (C=O) groups is 2. The molecule has 134 valence electrons. The molecule has 1 aromatic rings. The lowest BCUT2D eigenvalue weighted by atomic mass is 9.93. The van der Waals surface area contributed by atoms with Crippen LogP contribution < -0.4 is 4.90 Å². The highest BCUT2D eigenvalue weighted by Crippen LogP contribution is 2.36. The Morgan fingerprint density at radius 1 is 1.04 bits per heavy atom. The fraction of sp³-hybridized carbons (Fsp3) is 0.579. The summed E-state index contributed by atoms with van der Waals surface area (Å²) >= 11 is 5.96. The Kier molecular flexibility index (Phi) is 4.44. The van der Waals surface area contributed by atoms with Gasteiger partial charge >= 0.3 is 0 Å². The first-order valence-electron chi connectivity index (χ1n) is 9.12. The third kappa shape index (κ3) is 3.26. The molecular formula is C19H22ClFN2O2.